The maximum atomic E-state index is 3.46. The molecule has 0 unspecified atom stereocenters. The van der Waals surface area contributed by atoms with E-state index >= 15 is 0 Å². The first-order chi connectivity index (χ1) is 4.77. The summed E-state index contributed by atoms with van der Waals surface area (Å²) in [5.74, 6) is 0. The molecule has 10 heavy (non-hydrogen) atoms. The van der Waals surface area contributed by atoms with Gasteiger partial charge in [0.05, 0.1) is 0 Å². The summed E-state index contributed by atoms with van der Waals surface area (Å²) in [6.45, 7) is 7.16. The van der Waals surface area contributed by atoms with Crippen molar-refractivity contribution in [1.82, 2.24) is 5.32 Å². The zero-order valence-electron chi connectivity index (χ0n) is 7.24. The molecule has 0 aromatic carbocycles. The Balaban J connectivity index is 2.32. The molecule has 0 spiro atoms. The van der Waals surface area contributed by atoms with Crippen LogP contribution in [0.4, 0.5) is 0 Å². The van der Waals surface area contributed by atoms with Crippen molar-refractivity contribution in [2.75, 3.05) is 13.1 Å². The van der Waals surface area contributed by atoms with Crippen LogP contribution in [0.3, 0.4) is 0 Å². The first-order valence-corrected chi connectivity index (χ1v) is 4.47. The van der Waals surface area contributed by atoms with E-state index in [2.05, 4.69) is 19.2 Å². The van der Waals surface area contributed by atoms with E-state index in [4.69, 9.17) is 0 Å². The molecule has 1 heteroatoms. The van der Waals surface area contributed by atoms with Crippen molar-refractivity contribution >= 4 is 0 Å². The highest BCUT2D eigenvalue weighted by atomic mass is 14.9. The van der Waals surface area contributed by atoms with Crippen LogP contribution in [-0.2, 0) is 0 Å². The second-order valence-electron chi connectivity index (χ2n) is 3.84. The molecule has 1 nitrogen and oxygen atoms in total. The van der Waals surface area contributed by atoms with Gasteiger partial charge in [0.2, 0.25) is 0 Å². The quantitative estimate of drug-likeness (QED) is 0.621. The number of piperidine rings is 1. The second-order valence-corrected chi connectivity index (χ2v) is 3.84. The van der Waals surface area contributed by atoms with E-state index in [1.54, 1.807) is 0 Å². The van der Waals surface area contributed by atoms with Crippen molar-refractivity contribution in [3.63, 3.8) is 0 Å². The van der Waals surface area contributed by atoms with Gasteiger partial charge in [-0.05, 0) is 31.2 Å². The Labute approximate surface area is 64.2 Å². The zero-order valence-corrected chi connectivity index (χ0v) is 7.24. The van der Waals surface area contributed by atoms with Crippen molar-refractivity contribution in [1.29, 1.82) is 0 Å². The summed E-state index contributed by atoms with van der Waals surface area (Å²) in [7, 11) is 0. The Kier molecular flexibility index (Phi) is 2.72. The lowest BCUT2D eigenvalue weighted by Gasteiger charge is -2.33. The Hall–Kier alpha value is -0.0400. The molecule has 1 fully saturated rings. The van der Waals surface area contributed by atoms with Gasteiger partial charge in [-0.3, -0.25) is 0 Å². The Morgan fingerprint density at radius 2 is 2.30 bits per heavy atom. The number of rotatable bonds is 2. The molecule has 0 aromatic heterocycles. The maximum absolute atomic E-state index is 3.46. The molecule has 60 valence electrons. The van der Waals surface area contributed by atoms with Crippen LogP contribution < -0.4 is 5.32 Å². The topological polar surface area (TPSA) is 12.0 Å². The molecule has 0 bridgehead atoms. The smallest absolute Gasteiger partial charge is 0.000517 e. The van der Waals surface area contributed by atoms with Crippen molar-refractivity contribution in [2.24, 2.45) is 5.41 Å². The fourth-order valence-electron chi connectivity index (χ4n) is 1.94. The van der Waals surface area contributed by atoms with Crippen LogP contribution in [-0.4, -0.2) is 13.1 Å². The molecular formula is C9H19N. The Morgan fingerprint density at radius 1 is 1.50 bits per heavy atom. The number of hydrogen-bond donors (Lipinski definition) is 1. The van der Waals surface area contributed by atoms with E-state index in [0.29, 0.717) is 5.41 Å². The summed E-state index contributed by atoms with van der Waals surface area (Å²) in [6.07, 6.45) is 5.52. The van der Waals surface area contributed by atoms with Crippen molar-refractivity contribution in [3.8, 4) is 0 Å². The summed E-state index contributed by atoms with van der Waals surface area (Å²) < 4.78 is 0. The molecule has 1 aliphatic rings. The lowest BCUT2D eigenvalue weighted by Crippen LogP contribution is -2.37. The molecule has 0 aromatic rings. The Morgan fingerprint density at radius 3 is 2.80 bits per heavy atom. The molecule has 1 N–H and O–H groups in total. The van der Waals surface area contributed by atoms with Crippen LogP contribution in [0, 0.1) is 5.41 Å². The van der Waals surface area contributed by atoms with E-state index in [9.17, 15) is 0 Å². The molecule has 0 amide bonds. The lowest BCUT2D eigenvalue weighted by molar-refractivity contribution is 0.216. The predicted octanol–water partition coefficient (Wildman–Crippen LogP) is 2.18. The minimum atomic E-state index is 0.618. The van der Waals surface area contributed by atoms with Gasteiger partial charge >= 0.3 is 0 Å². The minimum absolute atomic E-state index is 0.618. The van der Waals surface area contributed by atoms with Crippen LogP contribution in [0.5, 0.6) is 0 Å². The summed E-state index contributed by atoms with van der Waals surface area (Å²) >= 11 is 0. The lowest BCUT2D eigenvalue weighted by atomic mass is 9.79. The summed E-state index contributed by atoms with van der Waals surface area (Å²) in [4.78, 5) is 0. The fourth-order valence-corrected chi connectivity index (χ4v) is 1.94. The molecule has 0 radical (unpaired) electrons. The van der Waals surface area contributed by atoms with Crippen LogP contribution in [0.2, 0.25) is 0 Å². The van der Waals surface area contributed by atoms with Gasteiger partial charge in [-0.15, -0.1) is 0 Å². The second kappa shape index (κ2) is 3.38. The number of hydrogen-bond acceptors (Lipinski definition) is 1. The third-order valence-electron chi connectivity index (χ3n) is 2.54. The maximum Gasteiger partial charge on any atom is 0.000517 e. The summed E-state index contributed by atoms with van der Waals surface area (Å²) in [6, 6.07) is 0. The molecule has 1 rings (SSSR count). The minimum Gasteiger partial charge on any atom is -0.316 e. The zero-order chi connectivity index (χ0) is 7.45. The van der Waals surface area contributed by atoms with Crippen molar-refractivity contribution in [3.05, 3.63) is 0 Å². The average molecular weight is 141 g/mol. The van der Waals surface area contributed by atoms with E-state index in [0.717, 1.165) is 0 Å². The average Bonchev–Trinajstić information content (AvgIpc) is 1.89. The van der Waals surface area contributed by atoms with Crippen LogP contribution in [0.15, 0.2) is 0 Å². The van der Waals surface area contributed by atoms with Crippen LogP contribution in [0.1, 0.15) is 39.5 Å². The third kappa shape index (κ3) is 1.98. The van der Waals surface area contributed by atoms with Crippen LogP contribution in [0.25, 0.3) is 0 Å². The van der Waals surface area contributed by atoms with Gasteiger partial charge in [-0.2, -0.15) is 0 Å². The number of nitrogens with one attached hydrogen (secondary N) is 1. The largest absolute Gasteiger partial charge is 0.316 e. The van der Waals surface area contributed by atoms with E-state index in [1.807, 2.05) is 0 Å². The SMILES string of the molecule is CCC[C@@]1(C)CCCNC1. The van der Waals surface area contributed by atoms with Gasteiger partial charge < -0.3 is 5.32 Å². The van der Waals surface area contributed by atoms with Gasteiger partial charge in [0.1, 0.15) is 0 Å². The van der Waals surface area contributed by atoms with E-state index in [-0.39, 0.29) is 0 Å². The highest BCUT2D eigenvalue weighted by molar-refractivity contribution is 4.80. The molecular weight excluding hydrogens is 122 g/mol. The van der Waals surface area contributed by atoms with Gasteiger partial charge in [0, 0.05) is 6.54 Å². The standard InChI is InChI=1S/C9H19N/c1-3-5-9(2)6-4-7-10-8-9/h10H,3-8H2,1-2H3/t9-/m0/s1. The van der Waals surface area contributed by atoms with Gasteiger partial charge in [-0.25, -0.2) is 0 Å². The molecule has 1 atom stereocenters. The molecule has 1 heterocycles. The Bertz CT molecular complexity index is 87.4. The highest BCUT2D eigenvalue weighted by Gasteiger charge is 2.24. The van der Waals surface area contributed by atoms with Gasteiger partial charge in [0.15, 0.2) is 0 Å². The van der Waals surface area contributed by atoms with Crippen molar-refractivity contribution in [2.45, 2.75) is 39.5 Å². The van der Waals surface area contributed by atoms with E-state index in [1.165, 1.54) is 38.8 Å². The van der Waals surface area contributed by atoms with Gasteiger partial charge in [0.25, 0.3) is 0 Å². The highest BCUT2D eigenvalue weighted by Crippen LogP contribution is 2.30. The normalized spacial score (nSPS) is 34.2. The molecule has 0 aliphatic carbocycles. The summed E-state index contributed by atoms with van der Waals surface area (Å²) in [5, 5.41) is 3.46. The van der Waals surface area contributed by atoms with Crippen molar-refractivity contribution < 1.29 is 0 Å². The summed E-state index contributed by atoms with van der Waals surface area (Å²) in [5.41, 5.74) is 0.618. The van der Waals surface area contributed by atoms with Crippen LogP contribution >= 0.6 is 0 Å². The third-order valence-corrected chi connectivity index (χ3v) is 2.54. The first kappa shape index (κ1) is 8.06. The monoisotopic (exact) mass is 141 g/mol. The molecule has 1 aliphatic heterocycles. The van der Waals surface area contributed by atoms with Gasteiger partial charge in [-0.1, -0.05) is 20.3 Å². The fraction of sp³-hybridized carbons (Fsp3) is 1.00. The first-order valence-electron chi connectivity index (χ1n) is 4.47. The molecule has 0 saturated carbocycles. The predicted molar refractivity (Wildman–Crippen MR) is 45.1 cm³/mol. The molecule has 1 saturated heterocycles. The van der Waals surface area contributed by atoms with E-state index < -0.39 is 0 Å².